The first-order valence-electron chi connectivity index (χ1n) is 6.50. The number of ketones is 1. The molecule has 0 aliphatic rings. The summed E-state index contributed by atoms with van der Waals surface area (Å²) in [4.78, 5) is 11.9. The number of ether oxygens (including phenoxy) is 1. The number of carbonyl (C=O) groups excluding carboxylic acids is 1. The van der Waals surface area contributed by atoms with Crippen LogP contribution in [-0.4, -0.2) is 22.2 Å². The quantitative estimate of drug-likeness (QED) is 0.822. The molecule has 1 aromatic carbocycles. The molecule has 5 heteroatoms. The summed E-state index contributed by atoms with van der Waals surface area (Å²) in [7, 11) is 1.85. The Balaban J connectivity index is 1.90. The maximum atomic E-state index is 11.9. The van der Waals surface area contributed by atoms with E-state index >= 15 is 0 Å². The van der Waals surface area contributed by atoms with Crippen molar-refractivity contribution in [2.75, 3.05) is 6.61 Å². The molecule has 0 saturated heterocycles. The summed E-state index contributed by atoms with van der Waals surface area (Å²) >= 11 is 5.85. The van der Waals surface area contributed by atoms with Gasteiger partial charge in [0.05, 0.1) is 12.1 Å². The number of rotatable bonds is 6. The van der Waals surface area contributed by atoms with Crippen molar-refractivity contribution in [3.05, 3.63) is 46.7 Å². The predicted octanol–water partition coefficient (Wildman–Crippen LogP) is 2.83. The molecule has 20 heavy (non-hydrogen) atoms. The number of benzene rings is 1. The number of Topliss-reactive ketones (excluding diaryl/α,β-unsaturated/α-hetero) is 1. The van der Waals surface area contributed by atoms with Gasteiger partial charge in [-0.25, -0.2) is 0 Å². The highest BCUT2D eigenvalue weighted by Gasteiger charge is 2.10. The fraction of sp³-hybridized carbons (Fsp3) is 0.333. The number of aromatic nitrogens is 2. The molecule has 0 bridgehead atoms. The third kappa shape index (κ3) is 3.84. The van der Waals surface area contributed by atoms with E-state index in [0.29, 0.717) is 17.2 Å². The van der Waals surface area contributed by atoms with Crippen molar-refractivity contribution in [2.24, 2.45) is 7.05 Å². The van der Waals surface area contributed by atoms with Gasteiger partial charge in [-0.05, 0) is 30.7 Å². The molecule has 0 atom stereocenters. The molecule has 1 aromatic heterocycles. The maximum absolute atomic E-state index is 11.9. The summed E-state index contributed by atoms with van der Waals surface area (Å²) in [6, 6.07) is 8.97. The highest BCUT2D eigenvalue weighted by molar-refractivity contribution is 6.30. The Bertz CT molecular complexity index is 608. The zero-order valence-electron chi connectivity index (χ0n) is 11.6. The second kappa shape index (κ2) is 6.57. The molecule has 2 aromatic rings. The Kier molecular flexibility index (Phi) is 4.79. The summed E-state index contributed by atoms with van der Waals surface area (Å²) in [5.74, 6) is 0.612. The lowest BCUT2D eigenvalue weighted by atomic mass is 10.2. The van der Waals surface area contributed by atoms with Gasteiger partial charge in [0.15, 0.2) is 5.78 Å². The SMILES string of the molecule is CCc1cc(CC(=O)COc2cccc(Cl)c2)n(C)n1. The van der Waals surface area contributed by atoms with Crippen LogP contribution in [0.4, 0.5) is 0 Å². The smallest absolute Gasteiger partial charge is 0.176 e. The maximum Gasteiger partial charge on any atom is 0.176 e. The Morgan fingerprint density at radius 1 is 1.40 bits per heavy atom. The van der Waals surface area contributed by atoms with Crippen molar-refractivity contribution in [2.45, 2.75) is 19.8 Å². The second-order valence-electron chi connectivity index (χ2n) is 4.57. The Hall–Kier alpha value is -1.81. The molecule has 0 saturated carbocycles. The van der Waals surface area contributed by atoms with E-state index in [2.05, 4.69) is 5.10 Å². The average molecular weight is 293 g/mol. The molecular formula is C15H17ClN2O2. The molecule has 2 rings (SSSR count). The Morgan fingerprint density at radius 2 is 2.20 bits per heavy atom. The number of carbonyl (C=O) groups is 1. The van der Waals surface area contributed by atoms with Crippen molar-refractivity contribution in [3.8, 4) is 5.75 Å². The van der Waals surface area contributed by atoms with Crippen LogP contribution in [0.2, 0.25) is 5.02 Å². The van der Waals surface area contributed by atoms with E-state index < -0.39 is 0 Å². The van der Waals surface area contributed by atoms with E-state index in [1.807, 2.05) is 20.0 Å². The number of halogens is 1. The summed E-state index contributed by atoms with van der Waals surface area (Å²) < 4.78 is 7.18. The van der Waals surface area contributed by atoms with Crippen molar-refractivity contribution >= 4 is 17.4 Å². The van der Waals surface area contributed by atoms with Gasteiger partial charge in [0.2, 0.25) is 0 Å². The van der Waals surface area contributed by atoms with Crippen LogP contribution in [0.3, 0.4) is 0 Å². The Morgan fingerprint density at radius 3 is 2.85 bits per heavy atom. The van der Waals surface area contributed by atoms with E-state index in [-0.39, 0.29) is 12.4 Å². The van der Waals surface area contributed by atoms with Gasteiger partial charge in [-0.3, -0.25) is 9.48 Å². The second-order valence-corrected chi connectivity index (χ2v) is 5.00. The number of aryl methyl sites for hydroxylation is 2. The monoisotopic (exact) mass is 292 g/mol. The minimum atomic E-state index is 0.00984. The fourth-order valence-corrected chi connectivity index (χ4v) is 2.06. The fourth-order valence-electron chi connectivity index (χ4n) is 1.88. The molecule has 1 heterocycles. The van der Waals surface area contributed by atoms with E-state index in [1.165, 1.54) is 0 Å². The average Bonchev–Trinajstić information content (AvgIpc) is 2.77. The molecule has 0 spiro atoms. The first kappa shape index (κ1) is 14.6. The van der Waals surface area contributed by atoms with Gasteiger partial charge < -0.3 is 4.74 Å². The molecule has 0 fully saturated rings. The summed E-state index contributed by atoms with van der Waals surface area (Å²) in [6.45, 7) is 2.07. The van der Waals surface area contributed by atoms with Crippen molar-refractivity contribution in [3.63, 3.8) is 0 Å². The van der Waals surface area contributed by atoms with E-state index in [1.54, 1.807) is 28.9 Å². The van der Waals surface area contributed by atoms with Gasteiger partial charge in [0.1, 0.15) is 12.4 Å². The lowest BCUT2D eigenvalue weighted by molar-refractivity contribution is -0.120. The summed E-state index contributed by atoms with van der Waals surface area (Å²) in [6.07, 6.45) is 1.19. The zero-order chi connectivity index (χ0) is 14.5. The van der Waals surface area contributed by atoms with Crippen LogP contribution in [0.15, 0.2) is 30.3 Å². The normalized spacial score (nSPS) is 10.6. The third-order valence-corrected chi connectivity index (χ3v) is 3.20. The largest absolute Gasteiger partial charge is 0.486 e. The molecular weight excluding hydrogens is 276 g/mol. The van der Waals surface area contributed by atoms with Crippen LogP contribution in [-0.2, 0) is 24.7 Å². The van der Waals surface area contributed by atoms with Gasteiger partial charge in [0.25, 0.3) is 0 Å². The third-order valence-electron chi connectivity index (χ3n) is 2.96. The molecule has 106 valence electrons. The summed E-state index contributed by atoms with van der Waals surface area (Å²) in [5.41, 5.74) is 1.90. The summed E-state index contributed by atoms with van der Waals surface area (Å²) in [5, 5.41) is 4.91. The van der Waals surface area contributed by atoms with Crippen LogP contribution in [0.25, 0.3) is 0 Å². The first-order valence-corrected chi connectivity index (χ1v) is 6.88. The lowest BCUT2D eigenvalue weighted by Crippen LogP contribution is -2.15. The first-order chi connectivity index (χ1) is 9.58. The van der Waals surface area contributed by atoms with Crippen LogP contribution in [0.5, 0.6) is 5.75 Å². The number of hydrogen-bond donors (Lipinski definition) is 0. The van der Waals surface area contributed by atoms with E-state index in [4.69, 9.17) is 16.3 Å². The zero-order valence-corrected chi connectivity index (χ0v) is 12.4. The van der Waals surface area contributed by atoms with Crippen LogP contribution < -0.4 is 4.74 Å². The van der Waals surface area contributed by atoms with Gasteiger partial charge >= 0.3 is 0 Å². The molecule has 0 aliphatic heterocycles. The molecule has 0 N–H and O–H groups in total. The van der Waals surface area contributed by atoms with Gasteiger partial charge in [-0.2, -0.15) is 5.10 Å². The minimum absolute atomic E-state index is 0.00984. The van der Waals surface area contributed by atoms with E-state index in [0.717, 1.165) is 17.8 Å². The van der Waals surface area contributed by atoms with Gasteiger partial charge in [-0.1, -0.05) is 24.6 Å². The van der Waals surface area contributed by atoms with Gasteiger partial charge in [-0.15, -0.1) is 0 Å². The number of nitrogens with zero attached hydrogens (tertiary/aromatic N) is 2. The predicted molar refractivity (Wildman–Crippen MR) is 78.2 cm³/mol. The van der Waals surface area contributed by atoms with E-state index in [9.17, 15) is 4.79 Å². The van der Waals surface area contributed by atoms with Crippen molar-refractivity contribution in [1.82, 2.24) is 9.78 Å². The van der Waals surface area contributed by atoms with Crippen molar-refractivity contribution < 1.29 is 9.53 Å². The molecule has 4 nitrogen and oxygen atoms in total. The highest BCUT2D eigenvalue weighted by atomic mass is 35.5. The van der Waals surface area contributed by atoms with Gasteiger partial charge in [0, 0.05) is 17.8 Å². The minimum Gasteiger partial charge on any atom is -0.486 e. The molecule has 0 radical (unpaired) electrons. The van der Waals surface area contributed by atoms with Crippen LogP contribution in [0.1, 0.15) is 18.3 Å². The van der Waals surface area contributed by atoms with Crippen LogP contribution >= 0.6 is 11.6 Å². The molecule has 0 unspecified atom stereocenters. The van der Waals surface area contributed by atoms with Crippen LogP contribution in [0, 0.1) is 0 Å². The number of hydrogen-bond acceptors (Lipinski definition) is 3. The Labute approximate surface area is 123 Å². The topological polar surface area (TPSA) is 44.1 Å². The highest BCUT2D eigenvalue weighted by Crippen LogP contribution is 2.17. The van der Waals surface area contributed by atoms with Crippen molar-refractivity contribution in [1.29, 1.82) is 0 Å². The standard InChI is InChI=1S/C15H17ClN2O2/c1-3-12-8-13(18(2)17-12)9-14(19)10-20-15-6-4-5-11(16)7-15/h4-8H,3,9-10H2,1-2H3. The molecule has 0 aliphatic carbocycles. The molecule has 0 amide bonds. The lowest BCUT2D eigenvalue weighted by Gasteiger charge is -2.06.